The Bertz CT molecular complexity index is 633. The Kier molecular flexibility index (Phi) is 3.71. The van der Waals surface area contributed by atoms with Gasteiger partial charge in [0.15, 0.2) is 0 Å². The average molecular weight is 337 g/mol. The van der Waals surface area contributed by atoms with Crippen LogP contribution in [0.15, 0.2) is 40.9 Å². The van der Waals surface area contributed by atoms with Crippen molar-refractivity contribution < 1.29 is 22.8 Å². The van der Waals surface area contributed by atoms with E-state index >= 15 is 0 Å². The maximum atomic E-state index is 12.3. The van der Waals surface area contributed by atoms with Crippen molar-refractivity contribution in [3.8, 4) is 5.75 Å². The average Bonchev–Trinajstić information content (AvgIpc) is 2.29. The molecule has 18 heavy (non-hydrogen) atoms. The van der Waals surface area contributed by atoms with E-state index in [1.54, 1.807) is 18.2 Å². The fourth-order valence-corrected chi connectivity index (χ4v) is 2.52. The number of halogens is 3. The predicted molar refractivity (Wildman–Crippen MR) is 68.1 cm³/mol. The zero-order chi connectivity index (χ0) is 13.3. The maximum absolute atomic E-state index is 12.3. The van der Waals surface area contributed by atoms with Crippen LogP contribution in [0.1, 0.15) is 0 Å². The lowest BCUT2D eigenvalue weighted by atomic mass is 10.1. The van der Waals surface area contributed by atoms with Crippen molar-refractivity contribution in [1.82, 2.24) is 0 Å². The first-order valence-corrected chi connectivity index (χ1v) is 7.32. The highest BCUT2D eigenvalue weighted by molar-refractivity contribution is 9.10. The standard InChI is InChI=1S/C11H8BrF2O3P/c12-9-5-7-3-1-2-4-8(7)6-10(9)17-18(15,16)11(13)14/h1-6,11H,(H,15,16). The van der Waals surface area contributed by atoms with Crippen LogP contribution in [-0.2, 0) is 4.57 Å². The molecule has 0 saturated heterocycles. The molecule has 0 saturated carbocycles. The Morgan fingerprint density at radius 2 is 1.78 bits per heavy atom. The summed E-state index contributed by atoms with van der Waals surface area (Å²) < 4.78 is 40.6. The van der Waals surface area contributed by atoms with Gasteiger partial charge in [-0.25, -0.2) is 4.57 Å². The van der Waals surface area contributed by atoms with Crippen molar-refractivity contribution in [2.45, 2.75) is 6.17 Å². The Labute approximate surface area is 110 Å². The van der Waals surface area contributed by atoms with Crippen LogP contribution in [-0.4, -0.2) is 11.1 Å². The van der Waals surface area contributed by atoms with E-state index in [0.717, 1.165) is 10.8 Å². The lowest BCUT2D eigenvalue weighted by molar-refractivity contribution is 0.188. The van der Waals surface area contributed by atoms with E-state index in [2.05, 4.69) is 20.5 Å². The molecule has 2 aromatic carbocycles. The van der Waals surface area contributed by atoms with Gasteiger partial charge in [0.2, 0.25) is 0 Å². The van der Waals surface area contributed by atoms with Gasteiger partial charge in [-0.3, -0.25) is 0 Å². The molecule has 0 amide bonds. The summed E-state index contributed by atoms with van der Waals surface area (Å²) in [5.41, 5.74) is 0. The molecule has 1 unspecified atom stereocenters. The Balaban J connectivity index is 2.46. The zero-order valence-corrected chi connectivity index (χ0v) is 11.4. The second kappa shape index (κ2) is 4.96. The predicted octanol–water partition coefficient (Wildman–Crippen LogP) is 4.39. The molecule has 0 fully saturated rings. The Morgan fingerprint density at radius 3 is 2.33 bits per heavy atom. The van der Waals surface area contributed by atoms with Gasteiger partial charge >= 0.3 is 13.8 Å². The van der Waals surface area contributed by atoms with Crippen LogP contribution in [0.3, 0.4) is 0 Å². The van der Waals surface area contributed by atoms with Crippen molar-refractivity contribution in [2.75, 3.05) is 0 Å². The first-order valence-electron chi connectivity index (χ1n) is 4.88. The third kappa shape index (κ3) is 2.71. The summed E-state index contributed by atoms with van der Waals surface area (Å²) >= 11 is 3.12. The maximum Gasteiger partial charge on any atom is 0.442 e. The van der Waals surface area contributed by atoms with Crippen molar-refractivity contribution in [3.63, 3.8) is 0 Å². The summed E-state index contributed by atoms with van der Waals surface area (Å²) in [6, 6.07) is 10.2. The molecule has 7 heteroatoms. The van der Waals surface area contributed by atoms with E-state index in [-0.39, 0.29) is 5.75 Å². The molecular weight excluding hydrogens is 329 g/mol. The summed E-state index contributed by atoms with van der Waals surface area (Å²) in [6.07, 6.45) is -3.43. The number of hydrogen-bond donors (Lipinski definition) is 1. The number of fused-ring (bicyclic) bond motifs is 1. The molecule has 0 spiro atoms. The van der Waals surface area contributed by atoms with Gasteiger partial charge in [-0.05, 0) is 38.8 Å². The molecule has 96 valence electrons. The number of rotatable bonds is 3. The molecule has 3 nitrogen and oxygen atoms in total. The van der Waals surface area contributed by atoms with E-state index in [1.807, 2.05) is 12.1 Å². The van der Waals surface area contributed by atoms with Gasteiger partial charge in [0.05, 0.1) is 4.47 Å². The second-order valence-electron chi connectivity index (χ2n) is 3.56. The summed E-state index contributed by atoms with van der Waals surface area (Å²) in [5.74, 6) is -0.0835. The monoisotopic (exact) mass is 336 g/mol. The molecule has 0 aliphatic heterocycles. The second-order valence-corrected chi connectivity index (χ2v) is 6.12. The minimum absolute atomic E-state index is 0.0835. The number of benzene rings is 2. The van der Waals surface area contributed by atoms with Crippen molar-refractivity contribution >= 4 is 34.3 Å². The minimum atomic E-state index is -4.95. The molecule has 2 aromatic rings. The molecule has 0 heterocycles. The van der Waals surface area contributed by atoms with Gasteiger partial charge in [0.25, 0.3) is 0 Å². The third-order valence-corrected chi connectivity index (χ3v) is 3.85. The van der Waals surface area contributed by atoms with E-state index in [4.69, 9.17) is 4.89 Å². The summed E-state index contributed by atoms with van der Waals surface area (Å²) in [7, 11) is -4.95. The fourth-order valence-electron chi connectivity index (χ4n) is 1.44. The van der Waals surface area contributed by atoms with Crippen molar-refractivity contribution in [3.05, 3.63) is 40.9 Å². The van der Waals surface area contributed by atoms with E-state index < -0.39 is 13.8 Å². The largest absolute Gasteiger partial charge is 0.442 e. The van der Waals surface area contributed by atoms with Crippen LogP contribution >= 0.6 is 23.5 Å². The summed E-state index contributed by atoms with van der Waals surface area (Å²) in [4.78, 5) is 9.00. The molecule has 1 atom stereocenters. The number of alkyl halides is 2. The van der Waals surface area contributed by atoms with Gasteiger partial charge in [0, 0.05) is 0 Å². The van der Waals surface area contributed by atoms with Gasteiger partial charge in [0.1, 0.15) is 5.75 Å². The van der Waals surface area contributed by atoms with Crippen LogP contribution in [0, 0.1) is 0 Å². The van der Waals surface area contributed by atoms with Crippen LogP contribution in [0.4, 0.5) is 8.78 Å². The van der Waals surface area contributed by atoms with Gasteiger partial charge < -0.3 is 9.42 Å². The van der Waals surface area contributed by atoms with Crippen molar-refractivity contribution in [2.24, 2.45) is 0 Å². The molecule has 2 rings (SSSR count). The fraction of sp³-hybridized carbons (Fsp3) is 0.0909. The SMILES string of the molecule is O=P(O)(Oc1cc2ccccc2cc1Br)C(F)F. The molecule has 0 aliphatic rings. The van der Waals surface area contributed by atoms with Crippen LogP contribution < -0.4 is 4.52 Å². The highest BCUT2D eigenvalue weighted by Gasteiger charge is 2.34. The highest BCUT2D eigenvalue weighted by Crippen LogP contribution is 2.50. The van der Waals surface area contributed by atoms with E-state index in [1.165, 1.54) is 6.07 Å². The Morgan fingerprint density at radius 1 is 1.22 bits per heavy atom. The van der Waals surface area contributed by atoms with Gasteiger partial charge in [-0.1, -0.05) is 24.3 Å². The molecule has 0 bridgehead atoms. The smallest absolute Gasteiger partial charge is 0.420 e. The van der Waals surface area contributed by atoms with E-state index in [0.29, 0.717) is 4.47 Å². The molecule has 0 aliphatic carbocycles. The zero-order valence-electron chi connectivity index (χ0n) is 8.89. The molecule has 1 N–H and O–H groups in total. The van der Waals surface area contributed by atoms with Crippen LogP contribution in [0.2, 0.25) is 0 Å². The molecule has 0 aromatic heterocycles. The topological polar surface area (TPSA) is 46.5 Å². The Hall–Kier alpha value is -0.970. The first kappa shape index (κ1) is 13.5. The molecular formula is C11H8BrF2O3P. The van der Waals surface area contributed by atoms with Crippen LogP contribution in [0.5, 0.6) is 5.75 Å². The van der Waals surface area contributed by atoms with Crippen molar-refractivity contribution in [1.29, 1.82) is 0 Å². The third-order valence-electron chi connectivity index (χ3n) is 2.28. The van der Waals surface area contributed by atoms with Gasteiger partial charge in [-0.2, -0.15) is 8.78 Å². The summed E-state index contributed by atoms with van der Waals surface area (Å²) in [5, 5.41) is 1.59. The lowest BCUT2D eigenvalue weighted by Crippen LogP contribution is -2.01. The quantitative estimate of drug-likeness (QED) is 0.845. The van der Waals surface area contributed by atoms with Crippen LogP contribution in [0.25, 0.3) is 10.8 Å². The normalized spacial score (nSPS) is 14.7. The molecule has 0 radical (unpaired) electrons. The van der Waals surface area contributed by atoms with E-state index in [9.17, 15) is 13.3 Å². The minimum Gasteiger partial charge on any atom is -0.420 e. The highest BCUT2D eigenvalue weighted by atomic mass is 79.9. The van der Waals surface area contributed by atoms with Gasteiger partial charge in [-0.15, -0.1) is 0 Å². The first-order chi connectivity index (χ1) is 8.40. The number of hydrogen-bond acceptors (Lipinski definition) is 2. The summed E-state index contributed by atoms with van der Waals surface area (Å²) in [6.45, 7) is 0. The lowest BCUT2D eigenvalue weighted by Gasteiger charge is -2.14.